The number of benzene rings is 1. The summed E-state index contributed by atoms with van der Waals surface area (Å²) in [6.45, 7) is 12.3. The summed E-state index contributed by atoms with van der Waals surface area (Å²) in [4.78, 5) is 0. The van der Waals surface area contributed by atoms with Gasteiger partial charge in [-0.05, 0) is 0 Å². The molecule has 0 aliphatic heterocycles. The molecule has 0 aromatic heterocycles. The van der Waals surface area contributed by atoms with Crippen molar-refractivity contribution in [2.24, 2.45) is 0 Å². The fraction of sp³-hybridized carbons (Fsp3) is 0.727. The van der Waals surface area contributed by atoms with Gasteiger partial charge in [0.1, 0.15) is 0 Å². The standard InChI is InChI=1S/C22H44O3Si3/c1-9-10-11-12-18-26(5,6)21-14-16-22(17-15-21)27(7,8)19-13-20-28(23-2,24-3)25-4/h14-17H,9-13,18-20H2,1-8H3. The lowest BCUT2D eigenvalue weighted by Gasteiger charge is -2.28. The maximum Gasteiger partial charge on any atom is 0.500 e. The third-order valence-corrected chi connectivity index (χ3v) is 16.2. The molecule has 28 heavy (non-hydrogen) atoms. The van der Waals surface area contributed by atoms with Crippen LogP contribution >= 0.6 is 0 Å². The number of rotatable bonds is 14. The molecule has 0 heterocycles. The highest BCUT2D eigenvalue weighted by Gasteiger charge is 2.38. The van der Waals surface area contributed by atoms with E-state index in [2.05, 4.69) is 57.4 Å². The average molecular weight is 441 g/mol. The Labute approximate surface area is 177 Å². The minimum atomic E-state index is -2.44. The van der Waals surface area contributed by atoms with E-state index in [-0.39, 0.29) is 0 Å². The van der Waals surface area contributed by atoms with Gasteiger partial charge in [-0.25, -0.2) is 0 Å². The van der Waals surface area contributed by atoms with Gasteiger partial charge in [-0.2, -0.15) is 0 Å². The first-order valence-corrected chi connectivity index (χ1v) is 19.3. The Morgan fingerprint density at radius 3 is 1.43 bits per heavy atom. The molecule has 0 spiro atoms. The maximum absolute atomic E-state index is 5.57. The van der Waals surface area contributed by atoms with Gasteiger partial charge in [0, 0.05) is 27.4 Å². The first-order chi connectivity index (χ1) is 13.2. The smallest absolute Gasteiger partial charge is 0.377 e. The summed E-state index contributed by atoms with van der Waals surface area (Å²) in [5, 5.41) is 3.17. The molecular weight excluding hydrogens is 396 g/mol. The summed E-state index contributed by atoms with van der Waals surface area (Å²) in [6.07, 6.45) is 6.57. The Morgan fingerprint density at radius 2 is 1.04 bits per heavy atom. The van der Waals surface area contributed by atoms with Gasteiger partial charge in [-0.15, -0.1) is 0 Å². The molecule has 0 radical (unpaired) electrons. The van der Waals surface area contributed by atoms with Crippen molar-refractivity contribution in [1.82, 2.24) is 0 Å². The molecule has 0 atom stereocenters. The third kappa shape index (κ3) is 7.54. The summed E-state index contributed by atoms with van der Waals surface area (Å²) < 4.78 is 16.7. The van der Waals surface area contributed by atoms with E-state index in [1.54, 1.807) is 31.7 Å². The molecule has 0 aliphatic carbocycles. The zero-order valence-electron chi connectivity index (χ0n) is 19.7. The zero-order chi connectivity index (χ0) is 21.3. The molecule has 0 aliphatic rings. The van der Waals surface area contributed by atoms with Crippen LogP contribution in [0.25, 0.3) is 0 Å². The van der Waals surface area contributed by atoms with Crippen LogP contribution in [0.2, 0.25) is 44.3 Å². The number of hydrogen-bond donors (Lipinski definition) is 0. The van der Waals surface area contributed by atoms with Crippen molar-refractivity contribution >= 4 is 35.3 Å². The van der Waals surface area contributed by atoms with E-state index >= 15 is 0 Å². The van der Waals surface area contributed by atoms with E-state index in [1.165, 1.54) is 37.8 Å². The molecule has 3 nitrogen and oxygen atoms in total. The lowest BCUT2D eigenvalue weighted by atomic mass is 10.2. The molecular formula is C22H44O3Si3. The fourth-order valence-corrected chi connectivity index (χ4v) is 10.9. The van der Waals surface area contributed by atoms with E-state index in [0.29, 0.717) is 0 Å². The van der Waals surface area contributed by atoms with Gasteiger partial charge in [-0.1, -0.05) is 112 Å². The van der Waals surface area contributed by atoms with E-state index in [1.807, 2.05) is 0 Å². The van der Waals surface area contributed by atoms with Crippen LogP contribution in [-0.2, 0) is 13.3 Å². The van der Waals surface area contributed by atoms with Crippen molar-refractivity contribution in [3.63, 3.8) is 0 Å². The Kier molecular flexibility index (Phi) is 10.9. The van der Waals surface area contributed by atoms with Crippen LogP contribution in [0.4, 0.5) is 0 Å². The highest BCUT2D eigenvalue weighted by molar-refractivity contribution is 6.91. The molecule has 1 aromatic rings. The lowest BCUT2D eigenvalue weighted by molar-refractivity contribution is 0.123. The lowest BCUT2D eigenvalue weighted by Crippen LogP contribution is -2.46. The van der Waals surface area contributed by atoms with Crippen molar-refractivity contribution < 1.29 is 13.3 Å². The first-order valence-electron chi connectivity index (χ1n) is 10.9. The van der Waals surface area contributed by atoms with Crippen molar-refractivity contribution in [2.75, 3.05) is 21.3 Å². The third-order valence-electron chi connectivity index (χ3n) is 6.32. The van der Waals surface area contributed by atoms with E-state index in [0.717, 1.165) is 12.5 Å². The molecule has 162 valence electrons. The van der Waals surface area contributed by atoms with Crippen LogP contribution in [-0.4, -0.2) is 46.3 Å². The summed E-state index contributed by atoms with van der Waals surface area (Å²) >= 11 is 0. The Bertz CT molecular complexity index is 546. The predicted octanol–water partition coefficient (Wildman–Crippen LogP) is 5.37. The maximum atomic E-state index is 5.57. The predicted molar refractivity (Wildman–Crippen MR) is 131 cm³/mol. The fourth-order valence-electron chi connectivity index (χ4n) is 3.96. The molecule has 1 rings (SSSR count). The van der Waals surface area contributed by atoms with Crippen molar-refractivity contribution in [1.29, 1.82) is 0 Å². The summed E-state index contributed by atoms with van der Waals surface area (Å²) in [7, 11) is -0.105. The van der Waals surface area contributed by atoms with Crippen LogP contribution in [0, 0.1) is 0 Å². The molecule has 0 saturated carbocycles. The Balaban J connectivity index is 2.69. The molecule has 0 N–H and O–H groups in total. The molecule has 0 fully saturated rings. The average Bonchev–Trinajstić information content (AvgIpc) is 2.69. The summed E-state index contributed by atoms with van der Waals surface area (Å²) in [5.74, 6) is 0. The first kappa shape index (κ1) is 25.8. The van der Waals surface area contributed by atoms with E-state index < -0.39 is 25.0 Å². The second kappa shape index (κ2) is 11.8. The monoisotopic (exact) mass is 440 g/mol. The van der Waals surface area contributed by atoms with Crippen molar-refractivity contribution in [3.8, 4) is 0 Å². The van der Waals surface area contributed by atoms with Gasteiger partial charge >= 0.3 is 8.80 Å². The molecule has 0 saturated heterocycles. The normalized spacial score (nSPS) is 13.1. The molecule has 0 bridgehead atoms. The summed E-state index contributed by atoms with van der Waals surface area (Å²) in [6, 6.07) is 13.3. The number of hydrogen-bond acceptors (Lipinski definition) is 3. The van der Waals surface area contributed by atoms with Crippen molar-refractivity contribution in [2.45, 2.75) is 83.3 Å². The second-order valence-electron chi connectivity index (χ2n) is 9.30. The quantitative estimate of drug-likeness (QED) is 0.288. The van der Waals surface area contributed by atoms with Gasteiger partial charge < -0.3 is 13.3 Å². The van der Waals surface area contributed by atoms with E-state index in [4.69, 9.17) is 13.3 Å². The summed E-state index contributed by atoms with van der Waals surface area (Å²) in [5.41, 5.74) is 0. The van der Waals surface area contributed by atoms with Crippen LogP contribution in [0.3, 0.4) is 0 Å². The minimum Gasteiger partial charge on any atom is -0.377 e. The molecule has 0 amide bonds. The topological polar surface area (TPSA) is 27.7 Å². The van der Waals surface area contributed by atoms with Crippen molar-refractivity contribution in [3.05, 3.63) is 24.3 Å². The van der Waals surface area contributed by atoms with Crippen LogP contribution in [0.5, 0.6) is 0 Å². The zero-order valence-corrected chi connectivity index (χ0v) is 22.7. The van der Waals surface area contributed by atoms with Gasteiger partial charge in [0.25, 0.3) is 0 Å². The Hall–Kier alpha value is -0.249. The second-order valence-corrected chi connectivity index (χ2v) is 22.1. The largest absolute Gasteiger partial charge is 0.500 e. The minimum absolute atomic E-state index is 0.892. The van der Waals surface area contributed by atoms with Crippen LogP contribution in [0.15, 0.2) is 24.3 Å². The molecule has 0 unspecified atom stereocenters. The van der Waals surface area contributed by atoms with Crippen LogP contribution < -0.4 is 10.4 Å². The highest BCUT2D eigenvalue weighted by atomic mass is 28.4. The molecule has 1 aromatic carbocycles. The van der Waals surface area contributed by atoms with Gasteiger partial charge in [0.05, 0.1) is 16.1 Å². The van der Waals surface area contributed by atoms with Gasteiger partial charge in [0.2, 0.25) is 0 Å². The van der Waals surface area contributed by atoms with E-state index in [9.17, 15) is 0 Å². The van der Waals surface area contributed by atoms with Crippen LogP contribution in [0.1, 0.15) is 39.0 Å². The Morgan fingerprint density at radius 1 is 0.607 bits per heavy atom. The van der Waals surface area contributed by atoms with Gasteiger partial charge in [-0.3, -0.25) is 0 Å². The highest BCUT2D eigenvalue weighted by Crippen LogP contribution is 2.22. The van der Waals surface area contributed by atoms with Gasteiger partial charge in [0.15, 0.2) is 0 Å². The SMILES string of the molecule is CCCCCC[Si](C)(C)c1ccc([Si](C)(C)CCC[Si](OC)(OC)OC)cc1. The number of unbranched alkanes of at least 4 members (excludes halogenated alkanes) is 3. The molecule has 6 heteroatoms.